The van der Waals surface area contributed by atoms with Gasteiger partial charge >= 0.3 is 12.6 Å². The summed E-state index contributed by atoms with van der Waals surface area (Å²) in [4.78, 5) is 10.5. The Kier molecular flexibility index (Phi) is 4.12. The molecular formula is C10H6F3NO4. The first-order valence-corrected chi connectivity index (χ1v) is 4.46. The van der Waals surface area contributed by atoms with Crippen molar-refractivity contribution in [1.29, 1.82) is 5.26 Å². The lowest BCUT2D eigenvalue weighted by Gasteiger charge is -2.11. The highest BCUT2D eigenvalue weighted by Crippen LogP contribution is 2.27. The number of halogens is 3. The molecule has 0 bridgehead atoms. The molecule has 1 rings (SSSR count). The van der Waals surface area contributed by atoms with E-state index in [-0.39, 0.29) is 0 Å². The summed E-state index contributed by atoms with van der Waals surface area (Å²) in [6.45, 7) is -3.34. The van der Waals surface area contributed by atoms with Gasteiger partial charge in [0.25, 0.3) is 0 Å². The Morgan fingerprint density at radius 3 is 2.50 bits per heavy atom. The van der Waals surface area contributed by atoms with E-state index in [0.29, 0.717) is 6.07 Å². The van der Waals surface area contributed by atoms with Gasteiger partial charge in [-0.3, -0.25) is 0 Å². The van der Waals surface area contributed by atoms with Gasteiger partial charge in [0.15, 0.2) is 17.7 Å². The minimum absolute atomic E-state index is 0.434. The molecule has 0 aliphatic heterocycles. The highest BCUT2D eigenvalue weighted by atomic mass is 19.3. The molecule has 0 aromatic heterocycles. The number of carbonyl (C=O) groups is 1. The molecule has 0 fully saturated rings. The van der Waals surface area contributed by atoms with Crippen molar-refractivity contribution in [2.45, 2.75) is 12.7 Å². The topological polar surface area (TPSA) is 90.5 Å². The predicted molar refractivity (Wildman–Crippen MR) is 50.3 cm³/mol. The Bertz CT molecular complexity index is 513. The second kappa shape index (κ2) is 5.37. The van der Waals surface area contributed by atoms with E-state index in [1.807, 2.05) is 0 Å². The summed E-state index contributed by atoms with van der Waals surface area (Å²) in [5, 5.41) is 26.3. The fraction of sp³-hybridized carbons (Fsp3) is 0.200. The van der Waals surface area contributed by atoms with Crippen molar-refractivity contribution >= 4 is 5.97 Å². The number of carboxylic acid groups (broad SMARTS) is 1. The lowest BCUT2D eigenvalue weighted by atomic mass is 10.1. The maximum Gasteiger partial charge on any atom is 0.387 e. The first-order chi connectivity index (χ1) is 8.36. The van der Waals surface area contributed by atoms with Gasteiger partial charge in [-0.15, -0.1) is 0 Å². The number of rotatable bonds is 4. The molecule has 0 aliphatic rings. The third-order valence-electron chi connectivity index (χ3n) is 1.95. The highest BCUT2D eigenvalue weighted by Gasteiger charge is 2.22. The van der Waals surface area contributed by atoms with Crippen molar-refractivity contribution in [3.8, 4) is 11.8 Å². The van der Waals surface area contributed by atoms with Crippen molar-refractivity contribution in [2.24, 2.45) is 0 Å². The summed E-state index contributed by atoms with van der Waals surface area (Å²) < 4.78 is 41.1. The molecule has 1 aromatic carbocycles. The summed E-state index contributed by atoms with van der Waals surface area (Å²) in [5.41, 5.74) is -1.14. The SMILES string of the molecule is N#Cc1cc(C(O)C(=O)O)cc(OC(F)F)c1F. The van der Waals surface area contributed by atoms with E-state index in [1.54, 1.807) is 0 Å². The molecular weight excluding hydrogens is 255 g/mol. The second-order valence-electron chi connectivity index (χ2n) is 3.11. The summed E-state index contributed by atoms with van der Waals surface area (Å²) in [6.07, 6.45) is -2.07. The Balaban J connectivity index is 3.31. The number of aliphatic hydroxyl groups excluding tert-OH is 1. The van der Waals surface area contributed by atoms with E-state index in [2.05, 4.69) is 4.74 Å². The number of alkyl halides is 2. The lowest BCUT2D eigenvalue weighted by Crippen LogP contribution is -2.12. The van der Waals surface area contributed by atoms with Crippen LogP contribution in [0.2, 0.25) is 0 Å². The van der Waals surface area contributed by atoms with Gasteiger partial charge in [0.05, 0.1) is 5.56 Å². The molecule has 0 saturated carbocycles. The van der Waals surface area contributed by atoms with E-state index in [9.17, 15) is 23.1 Å². The minimum atomic E-state index is -3.34. The minimum Gasteiger partial charge on any atom is -0.479 e. The molecule has 0 aliphatic carbocycles. The van der Waals surface area contributed by atoms with Crippen LogP contribution in [0.1, 0.15) is 17.2 Å². The number of hydrogen-bond donors (Lipinski definition) is 2. The molecule has 1 unspecified atom stereocenters. The maximum absolute atomic E-state index is 13.4. The first-order valence-electron chi connectivity index (χ1n) is 4.46. The normalized spacial score (nSPS) is 12.0. The fourth-order valence-corrected chi connectivity index (χ4v) is 1.18. The summed E-state index contributed by atoms with van der Waals surface area (Å²) in [5.74, 6) is -4.02. The van der Waals surface area contributed by atoms with E-state index in [0.717, 1.165) is 6.07 Å². The van der Waals surface area contributed by atoms with E-state index in [1.165, 1.54) is 6.07 Å². The van der Waals surface area contributed by atoms with Gasteiger partial charge in [-0.2, -0.15) is 14.0 Å². The first kappa shape index (κ1) is 13.8. The number of nitrogens with zero attached hydrogens (tertiary/aromatic N) is 1. The van der Waals surface area contributed by atoms with Crippen LogP contribution < -0.4 is 4.74 Å². The fourth-order valence-electron chi connectivity index (χ4n) is 1.18. The van der Waals surface area contributed by atoms with Crippen LogP contribution in [-0.2, 0) is 4.79 Å². The van der Waals surface area contributed by atoms with E-state index in [4.69, 9.17) is 10.4 Å². The average molecular weight is 261 g/mol. The zero-order valence-electron chi connectivity index (χ0n) is 8.60. The van der Waals surface area contributed by atoms with Gasteiger partial charge in [-0.1, -0.05) is 0 Å². The maximum atomic E-state index is 13.4. The monoisotopic (exact) mass is 261 g/mol. The average Bonchev–Trinajstić information content (AvgIpc) is 2.30. The molecule has 0 saturated heterocycles. The molecule has 18 heavy (non-hydrogen) atoms. The van der Waals surface area contributed by atoms with Crippen molar-refractivity contribution in [3.05, 3.63) is 29.1 Å². The van der Waals surface area contributed by atoms with Crippen molar-refractivity contribution in [1.82, 2.24) is 0 Å². The molecule has 2 N–H and O–H groups in total. The number of ether oxygens (including phenoxy) is 1. The smallest absolute Gasteiger partial charge is 0.387 e. The van der Waals surface area contributed by atoms with Crippen LogP contribution in [0, 0.1) is 17.1 Å². The van der Waals surface area contributed by atoms with Crippen LogP contribution in [0.25, 0.3) is 0 Å². The summed E-state index contributed by atoms with van der Waals surface area (Å²) in [7, 11) is 0. The van der Waals surface area contributed by atoms with Crippen LogP contribution in [0.5, 0.6) is 5.75 Å². The largest absolute Gasteiger partial charge is 0.479 e. The van der Waals surface area contributed by atoms with Crippen molar-refractivity contribution in [2.75, 3.05) is 0 Å². The van der Waals surface area contributed by atoms with E-state index < -0.39 is 41.4 Å². The standard InChI is InChI=1S/C10H6F3NO4/c11-7-5(3-14)1-4(8(15)9(16)17)2-6(7)18-10(12)13/h1-2,8,10,15H,(H,16,17). The van der Waals surface area contributed by atoms with Gasteiger partial charge < -0.3 is 14.9 Å². The Hall–Kier alpha value is -2.27. The van der Waals surface area contributed by atoms with Crippen LogP contribution in [-0.4, -0.2) is 22.8 Å². The number of benzene rings is 1. The van der Waals surface area contributed by atoms with Crippen LogP contribution >= 0.6 is 0 Å². The molecule has 1 atom stereocenters. The van der Waals surface area contributed by atoms with Gasteiger partial charge in [-0.25, -0.2) is 9.18 Å². The molecule has 0 heterocycles. The quantitative estimate of drug-likeness (QED) is 0.855. The Morgan fingerprint density at radius 1 is 1.44 bits per heavy atom. The Labute approximate surface area is 98.6 Å². The number of aliphatic hydroxyl groups is 1. The third-order valence-corrected chi connectivity index (χ3v) is 1.95. The molecule has 0 amide bonds. The second-order valence-corrected chi connectivity index (χ2v) is 3.11. The zero-order chi connectivity index (χ0) is 13.9. The van der Waals surface area contributed by atoms with E-state index >= 15 is 0 Å². The van der Waals surface area contributed by atoms with Crippen LogP contribution in [0.4, 0.5) is 13.2 Å². The van der Waals surface area contributed by atoms with Crippen molar-refractivity contribution in [3.63, 3.8) is 0 Å². The lowest BCUT2D eigenvalue weighted by molar-refractivity contribution is -0.146. The van der Waals surface area contributed by atoms with Gasteiger partial charge in [0.1, 0.15) is 6.07 Å². The van der Waals surface area contributed by atoms with Crippen LogP contribution in [0.15, 0.2) is 12.1 Å². The summed E-state index contributed by atoms with van der Waals surface area (Å²) in [6, 6.07) is 2.68. The van der Waals surface area contributed by atoms with Gasteiger partial charge in [0, 0.05) is 0 Å². The number of carboxylic acids is 1. The highest BCUT2D eigenvalue weighted by molar-refractivity contribution is 5.74. The number of hydrogen-bond acceptors (Lipinski definition) is 4. The molecule has 8 heteroatoms. The molecule has 96 valence electrons. The molecule has 1 aromatic rings. The number of aliphatic carboxylic acids is 1. The number of nitriles is 1. The molecule has 0 spiro atoms. The van der Waals surface area contributed by atoms with Crippen LogP contribution in [0.3, 0.4) is 0 Å². The zero-order valence-corrected chi connectivity index (χ0v) is 8.60. The van der Waals surface area contributed by atoms with Gasteiger partial charge in [0.2, 0.25) is 0 Å². The summed E-state index contributed by atoms with van der Waals surface area (Å²) >= 11 is 0. The van der Waals surface area contributed by atoms with Gasteiger partial charge in [-0.05, 0) is 17.7 Å². The third kappa shape index (κ3) is 2.89. The predicted octanol–water partition coefficient (Wildman–Crippen LogP) is 1.42. The molecule has 0 radical (unpaired) electrons. The molecule has 5 nitrogen and oxygen atoms in total. The Morgan fingerprint density at radius 2 is 2.06 bits per heavy atom. The van der Waals surface area contributed by atoms with Crippen molar-refractivity contribution < 1.29 is 32.9 Å².